The van der Waals surface area contributed by atoms with E-state index in [0.29, 0.717) is 44.0 Å². The molecule has 1 aliphatic heterocycles. The van der Waals surface area contributed by atoms with Gasteiger partial charge in [-0.05, 0) is 55.7 Å². The molecule has 3 atom stereocenters. The number of piperidine rings is 1. The molecule has 2 fully saturated rings. The molecule has 1 aromatic heterocycles. The molecule has 0 radical (unpaired) electrons. The van der Waals surface area contributed by atoms with Gasteiger partial charge < -0.3 is 9.64 Å². The van der Waals surface area contributed by atoms with Gasteiger partial charge in [-0.25, -0.2) is 5.48 Å². The predicted octanol–water partition coefficient (Wildman–Crippen LogP) is 3.16. The monoisotopic (exact) mass is 423 g/mol. The van der Waals surface area contributed by atoms with Crippen LogP contribution in [0.25, 0.3) is 0 Å². The molecule has 0 spiro atoms. The third-order valence-corrected chi connectivity index (χ3v) is 6.60. The summed E-state index contributed by atoms with van der Waals surface area (Å²) < 4.78 is 5.99. The molecule has 1 saturated heterocycles. The molecular weight excluding hydrogens is 394 g/mol. The summed E-state index contributed by atoms with van der Waals surface area (Å²) in [4.78, 5) is 31.6. The van der Waals surface area contributed by atoms with Gasteiger partial charge in [0.2, 0.25) is 11.8 Å². The van der Waals surface area contributed by atoms with Gasteiger partial charge in [-0.3, -0.25) is 19.8 Å². The Morgan fingerprint density at radius 3 is 2.35 bits per heavy atom. The summed E-state index contributed by atoms with van der Waals surface area (Å²) in [5.74, 6) is -0.382. The van der Waals surface area contributed by atoms with Crippen LogP contribution in [0.5, 0.6) is 5.75 Å². The number of hydrogen-bond acceptors (Lipinski definition) is 5. The first kappa shape index (κ1) is 21.3. The van der Waals surface area contributed by atoms with Gasteiger partial charge >= 0.3 is 0 Å². The first-order valence-electron chi connectivity index (χ1n) is 11.0. The Labute approximate surface area is 182 Å². The smallest absolute Gasteiger partial charge is 0.247 e. The fourth-order valence-corrected chi connectivity index (χ4v) is 4.91. The van der Waals surface area contributed by atoms with Gasteiger partial charge in [0.15, 0.2) is 0 Å². The van der Waals surface area contributed by atoms with Crippen molar-refractivity contribution in [3.63, 3.8) is 0 Å². The lowest BCUT2D eigenvalue weighted by Gasteiger charge is -2.39. The second kappa shape index (κ2) is 9.92. The number of hydroxylamine groups is 1. The number of carbonyl (C=O) groups is 2. The van der Waals surface area contributed by atoms with Gasteiger partial charge in [0, 0.05) is 25.5 Å². The SMILES string of the molecule is O=C(NO)C1CC(Oc2ccncc2)CCC1C(=O)N1CCC(c2ccccc2)CC1. The first-order valence-corrected chi connectivity index (χ1v) is 11.0. The van der Waals surface area contributed by atoms with Gasteiger partial charge in [-0.2, -0.15) is 0 Å². The minimum absolute atomic E-state index is 0.0162. The van der Waals surface area contributed by atoms with Gasteiger partial charge in [-0.15, -0.1) is 0 Å². The van der Waals surface area contributed by atoms with E-state index in [1.54, 1.807) is 30.0 Å². The highest BCUT2D eigenvalue weighted by Crippen LogP contribution is 2.36. The summed E-state index contributed by atoms with van der Waals surface area (Å²) >= 11 is 0. The second-order valence-corrected chi connectivity index (χ2v) is 8.44. The van der Waals surface area contributed by atoms with Crippen LogP contribution < -0.4 is 10.2 Å². The Bertz CT molecular complexity index is 869. The van der Waals surface area contributed by atoms with E-state index in [0.717, 1.165) is 12.8 Å². The standard InChI is InChI=1S/C24H29N3O4/c28-23(26-30)22-16-20(31-19-8-12-25-13-9-19)6-7-21(22)24(29)27-14-10-18(11-15-27)17-4-2-1-3-5-17/h1-5,8-9,12-13,18,20-22,30H,6-7,10-11,14-16H2,(H,26,28). The van der Waals surface area contributed by atoms with Crippen LogP contribution in [-0.2, 0) is 9.59 Å². The van der Waals surface area contributed by atoms with E-state index >= 15 is 0 Å². The average Bonchev–Trinajstić information content (AvgIpc) is 2.84. The molecule has 1 aromatic carbocycles. The van der Waals surface area contributed by atoms with E-state index < -0.39 is 17.7 Å². The summed E-state index contributed by atoms with van der Waals surface area (Å²) in [5.41, 5.74) is 3.08. The summed E-state index contributed by atoms with van der Waals surface area (Å²) in [6.07, 6.45) is 6.62. The Morgan fingerprint density at radius 2 is 1.68 bits per heavy atom. The zero-order chi connectivity index (χ0) is 21.6. The molecule has 2 aromatic rings. The molecule has 3 unspecified atom stereocenters. The Kier molecular flexibility index (Phi) is 6.82. The summed E-state index contributed by atoms with van der Waals surface area (Å²) in [6, 6.07) is 14.0. The van der Waals surface area contributed by atoms with Crippen molar-refractivity contribution in [1.29, 1.82) is 0 Å². The zero-order valence-corrected chi connectivity index (χ0v) is 17.5. The van der Waals surface area contributed by atoms with Crippen molar-refractivity contribution in [2.75, 3.05) is 13.1 Å². The molecule has 1 saturated carbocycles. The zero-order valence-electron chi connectivity index (χ0n) is 17.5. The number of carbonyl (C=O) groups excluding carboxylic acids is 2. The fraction of sp³-hybridized carbons (Fsp3) is 0.458. The van der Waals surface area contributed by atoms with Crippen LogP contribution in [0.2, 0.25) is 0 Å². The van der Waals surface area contributed by atoms with E-state index in [1.807, 2.05) is 11.0 Å². The maximum Gasteiger partial charge on any atom is 0.247 e. The van der Waals surface area contributed by atoms with Gasteiger partial charge in [-0.1, -0.05) is 30.3 Å². The highest BCUT2D eigenvalue weighted by atomic mass is 16.5. The molecule has 7 nitrogen and oxygen atoms in total. The number of hydrogen-bond donors (Lipinski definition) is 2. The maximum absolute atomic E-state index is 13.3. The molecule has 2 N–H and O–H groups in total. The number of amides is 2. The number of pyridine rings is 1. The lowest BCUT2D eigenvalue weighted by Crippen LogP contribution is -2.49. The Hall–Kier alpha value is -2.93. The van der Waals surface area contributed by atoms with E-state index in [9.17, 15) is 14.8 Å². The van der Waals surface area contributed by atoms with Crippen LogP contribution in [0.4, 0.5) is 0 Å². The summed E-state index contributed by atoms with van der Waals surface area (Å²) in [6.45, 7) is 1.39. The number of ether oxygens (including phenoxy) is 1. The van der Waals surface area contributed by atoms with Crippen LogP contribution in [0.3, 0.4) is 0 Å². The van der Waals surface area contributed by atoms with Crippen LogP contribution >= 0.6 is 0 Å². The topological polar surface area (TPSA) is 91.8 Å². The first-order chi connectivity index (χ1) is 15.2. The van der Waals surface area contributed by atoms with Crippen molar-refractivity contribution in [3.8, 4) is 5.75 Å². The largest absolute Gasteiger partial charge is 0.490 e. The number of aromatic nitrogens is 1. The van der Waals surface area contributed by atoms with Crippen molar-refractivity contribution in [3.05, 3.63) is 60.4 Å². The second-order valence-electron chi connectivity index (χ2n) is 8.44. The minimum Gasteiger partial charge on any atom is -0.490 e. The van der Waals surface area contributed by atoms with Gasteiger partial charge in [0.05, 0.1) is 17.9 Å². The van der Waals surface area contributed by atoms with Crippen molar-refractivity contribution in [1.82, 2.24) is 15.4 Å². The molecule has 2 amide bonds. The lowest BCUT2D eigenvalue weighted by molar-refractivity contribution is -0.149. The molecule has 0 bridgehead atoms. The van der Waals surface area contributed by atoms with E-state index in [4.69, 9.17) is 4.74 Å². The Balaban J connectivity index is 1.38. The number of rotatable bonds is 5. The molecule has 2 heterocycles. The average molecular weight is 424 g/mol. The lowest BCUT2D eigenvalue weighted by atomic mass is 9.76. The quantitative estimate of drug-likeness (QED) is 0.569. The van der Waals surface area contributed by atoms with Crippen molar-refractivity contribution < 1.29 is 19.5 Å². The minimum atomic E-state index is -0.607. The molecule has 164 valence electrons. The molecule has 4 rings (SSSR count). The number of likely N-dealkylation sites (tertiary alicyclic amines) is 1. The van der Waals surface area contributed by atoms with Gasteiger partial charge in [0.1, 0.15) is 5.75 Å². The molecule has 7 heteroatoms. The van der Waals surface area contributed by atoms with Crippen LogP contribution in [-0.4, -0.2) is 46.1 Å². The predicted molar refractivity (Wildman–Crippen MR) is 114 cm³/mol. The van der Waals surface area contributed by atoms with Crippen LogP contribution in [0.1, 0.15) is 43.6 Å². The van der Waals surface area contributed by atoms with Crippen LogP contribution in [0, 0.1) is 11.8 Å². The third kappa shape index (κ3) is 5.05. The van der Waals surface area contributed by atoms with E-state index in [2.05, 4.69) is 29.2 Å². The highest BCUT2D eigenvalue weighted by Gasteiger charge is 2.42. The van der Waals surface area contributed by atoms with Crippen LogP contribution in [0.15, 0.2) is 54.9 Å². The Morgan fingerprint density at radius 1 is 0.968 bits per heavy atom. The fourth-order valence-electron chi connectivity index (χ4n) is 4.91. The summed E-state index contributed by atoms with van der Waals surface area (Å²) in [7, 11) is 0. The number of benzene rings is 1. The molecule has 2 aliphatic rings. The molecule has 1 aliphatic carbocycles. The highest BCUT2D eigenvalue weighted by molar-refractivity contribution is 5.87. The molecular formula is C24H29N3O4. The molecule has 31 heavy (non-hydrogen) atoms. The van der Waals surface area contributed by atoms with Gasteiger partial charge in [0.25, 0.3) is 0 Å². The van der Waals surface area contributed by atoms with E-state index in [-0.39, 0.29) is 12.0 Å². The maximum atomic E-state index is 13.3. The van der Waals surface area contributed by atoms with Crippen molar-refractivity contribution in [2.24, 2.45) is 11.8 Å². The number of nitrogens with one attached hydrogen (secondary N) is 1. The van der Waals surface area contributed by atoms with Crippen molar-refractivity contribution in [2.45, 2.75) is 44.1 Å². The number of nitrogens with zero attached hydrogens (tertiary/aromatic N) is 2. The van der Waals surface area contributed by atoms with E-state index in [1.165, 1.54) is 5.56 Å². The normalized spacial score (nSPS) is 24.4. The third-order valence-electron chi connectivity index (χ3n) is 6.60. The van der Waals surface area contributed by atoms with Crippen molar-refractivity contribution >= 4 is 11.8 Å². The summed E-state index contributed by atoms with van der Waals surface area (Å²) in [5, 5.41) is 9.26.